The van der Waals surface area contributed by atoms with Gasteiger partial charge in [-0.05, 0) is 60.4 Å². The van der Waals surface area contributed by atoms with Gasteiger partial charge in [0.1, 0.15) is 22.1 Å². The molecule has 36 heavy (non-hydrogen) atoms. The summed E-state index contributed by atoms with van der Waals surface area (Å²) in [6.45, 7) is 2.96. The molecule has 16 heteroatoms. The summed E-state index contributed by atoms with van der Waals surface area (Å²) >= 11 is 0. The monoisotopic (exact) mass is 552 g/mol. The lowest BCUT2D eigenvalue weighted by Crippen LogP contribution is -2.23. The molecule has 0 amide bonds. The molecule has 2 fully saturated rings. The molecule has 0 spiro atoms. The molecule has 0 bridgehead atoms. The Hall–Kier alpha value is -2.10. The zero-order valence-corrected chi connectivity index (χ0v) is 21.9. The van der Waals surface area contributed by atoms with Gasteiger partial charge in [-0.15, -0.1) is 10.2 Å². The maximum absolute atomic E-state index is 15.4. The highest BCUT2D eigenvalue weighted by Crippen LogP contribution is 2.63. The van der Waals surface area contributed by atoms with Gasteiger partial charge in [-0.2, -0.15) is 4.20 Å². The van der Waals surface area contributed by atoms with E-state index in [2.05, 4.69) is 20.6 Å². The van der Waals surface area contributed by atoms with Gasteiger partial charge in [-0.3, -0.25) is 0 Å². The highest BCUT2D eigenvalue weighted by Gasteiger charge is 2.37. The number of para-hydroxylation sites is 2. The van der Waals surface area contributed by atoms with E-state index in [9.17, 15) is 0 Å². The lowest BCUT2D eigenvalue weighted by atomic mass is 10.3. The van der Waals surface area contributed by atoms with Crippen LogP contribution in [0.1, 0.15) is 25.7 Å². The van der Waals surface area contributed by atoms with E-state index in [1.807, 2.05) is 57.9 Å². The highest BCUT2D eigenvalue weighted by molar-refractivity contribution is 7.62. The molecular weight excluding hydrogens is 528 g/mol. The Balaban J connectivity index is 1.18. The molecule has 2 aliphatic rings. The first-order valence-corrected chi connectivity index (χ1v) is 15.0. The van der Waals surface area contributed by atoms with Crippen LogP contribution in [-0.4, -0.2) is 65.8 Å². The second kappa shape index (κ2) is 11.1. The molecule has 190 valence electrons. The average molecular weight is 552 g/mol. The SMILES string of the molecule is FP(OP(On1nnc2ccccc21)N1CCCC1)OP(On1nnc2ccccc21)N1CCCC1. The van der Waals surface area contributed by atoms with Gasteiger partial charge in [-0.25, -0.2) is 18.0 Å². The minimum Gasteiger partial charge on any atom is -0.327 e. The number of fused-ring (bicyclic) bond motifs is 2. The number of rotatable bonds is 10. The van der Waals surface area contributed by atoms with Gasteiger partial charge in [0.15, 0.2) is 0 Å². The van der Waals surface area contributed by atoms with Crippen molar-refractivity contribution >= 4 is 47.8 Å². The van der Waals surface area contributed by atoms with Crippen molar-refractivity contribution in [1.82, 2.24) is 39.7 Å². The summed E-state index contributed by atoms with van der Waals surface area (Å²) < 4.78 is 43.0. The number of hydrogen-bond donors (Lipinski definition) is 0. The van der Waals surface area contributed by atoms with E-state index in [-0.39, 0.29) is 0 Å². The van der Waals surface area contributed by atoms with Crippen LogP contribution in [0, 0.1) is 0 Å². The Bertz CT molecular complexity index is 1200. The number of nitrogens with zero attached hydrogens (tertiary/aromatic N) is 8. The van der Waals surface area contributed by atoms with Gasteiger partial charge in [-0.1, -0.05) is 34.0 Å². The van der Waals surface area contributed by atoms with Crippen LogP contribution in [0.15, 0.2) is 48.5 Å². The van der Waals surface area contributed by atoms with Crippen LogP contribution in [0.3, 0.4) is 0 Å². The molecule has 0 radical (unpaired) electrons. The maximum Gasteiger partial charge on any atom is 0.389 e. The molecule has 4 aromatic rings. The third kappa shape index (κ3) is 5.29. The van der Waals surface area contributed by atoms with E-state index in [4.69, 9.17) is 17.9 Å². The van der Waals surface area contributed by atoms with Crippen LogP contribution in [0.4, 0.5) is 4.20 Å². The fourth-order valence-corrected chi connectivity index (χ4v) is 8.30. The van der Waals surface area contributed by atoms with Gasteiger partial charge in [0.2, 0.25) is 0 Å². The summed E-state index contributed by atoms with van der Waals surface area (Å²) in [5.74, 6) is 0. The van der Waals surface area contributed by atoms with E-state index in [1.165, 1.54) is 9.69 Å². The van der Waals surface area contributed by atoms with Gasteiger partial charge < -0.3 is 9.25 Å². The van der Waals surface area contributed by atoms with Crippen molar-refractivity contribution < 1.29 is 22.1 Å². The lowest BCUT2D eigenvalue weighted by molar-refractivity contribution is 0.201. The third-order valence-corrected chi connectivity index (χ3v) is 10.3. The molecule has 0 saturated carbocycles. The van der Waals surface area contributed by atoms with E-state index in [1.54, 1.807) is 0 Å². The van der Waals surface area contributed by atoms with Crippen molar-refractivity contribution in [3.63, 3.8) is 0 Å². The van der Waals surface area contributed by atoms with Crippen molar-refractivity contribution in [1.29, 1.82) is 0 Å². The Morgan fingerprint density at radius 3 is 1.50 bits per heavy atom. The normalized spacial score (nSPS) is 19.7. The van der Waals surface area contributed by atoms with Gasteiger partial charge >= 0.3 is 25.7 Å². The fourth-order valence-electron chi connectivity index (χ4n) is 4.04. The summed E-state index contributed by atoms with van der Waals surface area (Å²) in [5, 5.41) is 16.4. The molecule has 2 aliphatic heterocycles. The first-order valence-electron chi connectivity index (χ1n) is 11.6. The summed E-state index contributed by atoms with van der Waals surface area (Å²) in [4.78, 5) is 2.59. The molecule has 0 aliphatic carbocycles. The smallest absolute Gasteiger partial charge is 0.327 e. The quantitative estimate of drug-likeness (QED) is 0.259. The van der Waals surface area contributed by atoms with Gasteiger partial charge in [0.25, 0.3) is 0 Å². The van der Waals surface area contributed by atoms with Crippen LogP contribution in [0.25, 0.3) is 22.1 Å². The molecule has 2 aromatic carbocycles. The van der Waals surface area contributed by atoms with Crippen LogP contribution in [0.5, 0.6) is 0 Å². The lowest BCUT2D eigenvalue weighted by Gasteiger charge is -2.27. The number of benzene rings is 2. The Labute approximate surface area is 210 Å². The zero-order chi connectivity index (χ0) is 24.3. The minimum absolute atomic E-state index is 0.678. The first-order chi connectivity index (χ1) is 17.7. The Kier molecular flexibility index (Phi) is 7.48. The van der Waals surface area contributed by atoms with Crippen molar-refractivity contribution in [2.45, 2.75) is 25.7 Å². The molecular formula is C20H24FN8O4P3. The zero-order valence-electron chi connectivity index (χ0n) is 19.2. The topological polar surface area (TPSA) is 105 Å². The molecule has 2 unspecified atom stereocenters. The first kappa shape index (κ1) is 24.2. The largest absolute Gasteiger partial charge is 0.389 e. The summed E-state index contributed by atoms with van der Waals surface area (Å²) in [6.07, 6.45) is 3.94. The Morgan fingerprint density at radius 2 is 1.06 bits per heavy atom. The molecule has 2 atom stereocenters. The Morgan fingerprint density at radius 1 is 0.639 bits per heavy atom. The fraction of sp³-hybridized carbons (Fsp3) is 0.400. The van der Waals surface area contributed by atoms with E-state index < -0.39 is 25.7 Å². The molecule has 4 heterocycles. The summed E-state index contributed by atoms with van der Waals surface area (Å²) in [7, 11) is -6.48. The summed E-state index contributed by atoms with van der Waals surface area (Å²) in [5.41, 5.74) is 2.72. The molecule has 6 rings (SSSR count). The third-order valence-electron chi connectivity index (χ3n) is 5.83. The van der Waals surface area contributed by atoms with Crippen molar-refractivity contribution in [2.24, 2.45) is 0 Å². The molecule has 12 nitrogen and oxygen atoms in total. The second-order valence-corrected chi connectivity index (χ2v) is 12.4. The predicted octanol–water partition coefficient (Wildman–Crippen LogP) is 4.61. The minimum atomic E-state index is -2.84. The van der Waals surface area contributed by atoms with Gasteiger partial charge in [0, 0.05) is 26.2 Å². The second-order valence-electron chi connectivity index (χ2n) is 8.24. The average Bonchev–Trinajstić information content (AvgIpc) is 3.71. The molecule has 0 N–H and O–H groups in total. The summed E-state index contributed by atoms with van der Waals surface area (Å²) in [6, 6.07) is 14.8. The van der Waals surface area contributed by atoms with E-state index in [0.29, 0.717) is 22.1 Å². The van der Waals surface area contributed by atoms with Crippen LogP contribution in [-0.2, 0) is 8.62 Å². The molecule has 2 aromatic heterocycles. The van der Waals surface area contributed by atoms with Crippen LogP contribution < -0.4 is 9.25 Å². The number of halogens is 1. The van der Waals surface area contributed by atoms with Crippen LogP contribution in [0.2, 0.25) is 0 Å². The number of aromatic nitrogens is 6. The highest BCUT2D eigenvalue weighted by atomic mass is 31.3. The standard InChI is InChI=1S/C20H24FN8O4P3/c21-34(32-35(26-13-5-6-14-26)30-28-19-11-3-1-9-17(19)22-24-28)33-36(27-15-7-8-16-27)31-29-20-12-4-2-10-18(20)23-25-29/h1-4,9-12H,5-8,13-16H2. The predicted molar refractivity (Wildman–Crippen MR) is 134 cm³/mol. The molecule has 2 saturated heterocycles. The van der Waals surface area contributed by atoms with E-state index >= 15 is 4.20 Å². The van der Waals surface area contributed by atoms with Crippen LogP contribution >= 0.6 is 25.7 Å². The number of hydrogen-bond acceptors (Lipinski definition) is 10. The maximum atomic E-state index is 15.4. The van der Waals surface area contributed by atoms with Crippen molar-refractivity contribution in [2.75, 3.05) is 26.2 Å². The van der Waals surface area contributed by atoms with Crippen molar-refractivity contribution in [3.05, 3.63) is 48.5 Å². The van der Waals surface area contributed by atoms with Crippen molar-refractivity contribution in [3.8, 4) is 0 Å². The van der Waals surface area contributed by atoms with E-state index in [0.717, 1.165) is 51.9 Å². The van der Waals surface area contributed by atoms with Gasteiger partial charge in [0.05, 0.1) is 0 Å².